The third kappa shape index (κ3) is 2.37. The highest BCUT2D eigenvalue weighted by molar-refractivity contribution is 5.51. The van der Waals surface area contributed by atoms with Crippen molar-refractivity contribution < 1.29 is 14.6 Å². The fraction of sp³-hybridized carbons (Fsp3) is 0.538. The van der Waals surface area contributed by atoms with Crippen LogP contribution < -0.4 is 14.8 Å². The number of fused-ring (bicyclic) bond motifs is 1. The first kappa shape index (κ1) is 11.6. The van der Waals surface area contributed by atoms with Crippen molar-refractivity contribution in [2.45, 2.75) is 6.42 Å². The number of benzene rings is 1. The van der Waals surface area contributed by atoms with Gasteiger partial charge in [0.05, 0.1) is 0 Å². The van der Waals surface area contributed by atoms with Crippen molar-refractivity contribution in [1.29, 1.82) is 0 Å². The summed E-state index contributed by atoms with van der Waals surface area (Å²) in [4.78, 5) is 2.40. The molecule has 5 nitrogen and oxygen atoms in total. The average Bonchev–Trinajstić information content (AvgIpc) is 2.84. The quantitative estimate of drug-likeness (QED) is 0.821. The van der Waals surface area contributed by atoms with Gasteiger partial charge in [0.15, 0.2) is 11.5 Å². The fourth-order valence-electron chi connectivity index (χ4n) is 2.39. The molecule has 1 saturated heterocycles. The maximum absolute atomic E-state index is 9.94. The Balaban J connectivity index is 1.65. The fourth-order valence-corrected chi connectivity index (χ4v) is 2.39. The lowest BCUT2D eigenvalue weighted by Crippen LogP contribution is -2.44. The molecule has 0 spiro atoms. The molecule has 2 aliphatic rings. The summed E-state index contributed by atoms with van der Waals surface area (Å²) in [7, 11) is 0. The zero-order chi connectivity index (χ0) is 12.4. The molecule has 1 aromatic rings. The SMILES string of the molecule is Oc1cc2c(cc1CCN1CCNCC1)OCO2. The largest absolute Gasteiger partial charge is 0.508 e. The minimum Gasteiger partial charge on any atom is -0.508 e. The van der Waals surface area contributed by atoms with E-state index in [9.17, 15) is 5.11 Å². The summed E-state index contributed by atoms with van der Waals surface area (Å²) in [6.45, 7) is 5.46. The highest BCUT2D eigenvalue weighted by Gasteiger charge is 2.17. The molecule has 98 valence electrons. The standard InChI is InChI=1S/C13H18N2O3/c16-11-8-13-12(17-9-18-13)7-10(11)1-4-15-5-2-14-3-6-15/h7-8,14,16H,1-6,9H2. The van der Waals surface area contributed by atoms with Crippen LogP contribution in [0.1, 0.15) is 5.56 Å². The number of rotatable bonds is 3. The third-order valence-electron chi connectivity index (χ3n) is 3.48. The monoisotopic (exact) mass is 250 g/mol. The van der Waals surface area contributed by atoms with Gasteiger partial charge >= 0.3 is 0 Å². The van der Waals surface area contributed by atoms with Gasteiger partial charge in [0, 0.05) is 38.8 Å². The van der Waals surface area contributed by atoms with Crippen LogP contribution in [0.15, 0.2) is 12.1 Å². The summed E-state index contributed by atoms with van der Waals surface area (Å²) in [5.41, 5.74) is 0.929. The van der Waals surface area contributed by atoms with E-state index in [0.717, 1.165) is 50.5 Å². The van der Waals surface area contributed by atoms with Crippen LogP contribution in [-0.2, 0) is 6.42 Å². The van der Waals surface area contributed by atoms with Gasteiger partial charge in [0.25, 0.3) is 0 Å². The molecular formula is C13H18N2O3. The predicted molar refractivity (Wildman–Crippen MR) is 67.2 cm³/mol. The summed E-state index contributed by atoms with van der Waals surface area (Å²) in [6.07, 6.45) is 0.836. The first-order valence-electron chi connectivity index (χ1n) is 6.37. The Morgan fingerprint density at radius 3 is 2.67 bits per heavy atom. The van der Waals surface area contributed by atoms with Gasteiger partial charge in [-0.1, -0.05) is 0 Å². The molecule has 18 heavy (non-hydrogen) atoms. The van der Waals surface area contributed by atoms with Gasteiger partial charge in [-0.2, -0.15) is 0 Å². The Bertz CT molecular complexity index is 430. The van der Waals surface area contributed by atoms with E-state index in [4.69, 9.17) is 9.47 Å². The van der Waals surface area contributed by atoms with Crippen LogP contribution in [-0.4, -0.2) is 49.5 Å². The van der Waals surface area contributed by atoms with Crippen molar-refractivity contribution in [2.75, 3.05) is 39.5 Å². The molecule has 0 radical (unpaired) electrons. The van der Waals surface area contributed by atoms with E-state index < -0.39 is 0 Å². The second-order valence-corrected chi connectivity index (χ2v) is 4.68. The Morgan fingerprint density at radius 2 is 1.89 bits per heavy atom. The molecule has 0 aromatic heterocycles. The highest BCUT2D eigenvalue weighted by atomic mass is 16.7. The molecule has 0 aliphatic carbocycles. The molecule has 0 unspecified atom stereocenters. The number of nitrogens with zero attached hydrogens (tertiary/aromatic N) is 1. The van der Waals surface area contributed by atoms with Crippen LogP contribution in [0.4, 0.5) is 0 Å². The van der Waals surface area contributed by atoms with Gasteiger partial charge in [-0.3, -0.25) is 0 Å². The van der Waals surface area contributed by atoms with Gasteiger partial charge in [0.2, 0.25) is 6.79 Å². The number of hydrogen-bond acceptors (Lipinski definition) is 5. The number of piperazine rings is 1. The normalized spacial score (nSPS) is 19.1. The molecule has 2 heterocycles. The summed E-state index contributed by atoms with van der Waals surface area (Å²) >= 11 is 0. The number of phenolic OH excluding ortho intramolecular Hbond substituents is 1. The van der Waals surface area contributed by atoms with Crippen molar-refractivity contribution in [3.8, 4) is 17.2 Å². The molecule has 2 aliphatic heterocycles. The smallest absolute Gasteiger partial charge is 0.231 e. The minimum atomic E-state index is 0.246. The Morgan fingerprint density at radius 1 is 1.17 bits per heavy atom. The summed E-state index contributed by atoms with van der Waals surface area (Å²) in [5.74, 6) is 1.68. The summed E-state index contributed by atoms with van der Waals surface area (Å²) in [6, 6.07) is 3.54. The van der Waals surface area contributed by atoms with Gasteiger partial charge in [-0.15, -0.1) is 0 Å². The number of nitrogens with one attached hydrogen (secondary N) is 1. The van der Waals surface area contributed by atoms with E-state index in [1.165, 1.54) is 0 Å². The van der Waals surface area contributed by atoms with Crippen molar-refractivity contribution in [3.63, 3.8) is 0 Å². The van der Waals surface area contributed by atoms with Gasteiger partial charge < -0.3 is 24.8 Å². The van der Waals surface area contributed by atoms with E-state index >= 15 is 0 Å². The second kappa shape index (κ2) is 5.04. The highest BCUT2D eigenvalue weighted by Crippen LogP contribution is 2.37. The zero-order valence-corrected chi connectivity index (χ0v) is 10.3. The Hall–Kier alpha value is -1.46. The van der Waals surface area contributed by atoms with Crippen LogP contribution in [0.5, 0.6) is 17.2 Å². The van der Waals surface area contributed by atoms with Crippen LogP contribution in [0.2, 0.25) is 0 Å². The topological polar surface area (TPSA) is 54.0 Å². The average molecular weight is 250 g/mol. The molecule has 0 bridgehead atoms. The predicted octanol–water partition coefficient (Wildman–Crippen LogP) is 0.569. The van der Waals surface area contributed by atoms with Crippen molar-refractivity contribution in [3.05, 3.63) is 17.7 Å². The van der Waals surface area contributed by atoms with Crippen molar-refractivity contribution in [1.82, 2.24) is 10.2 Å². The number of hydrogen-bond donors (Lipinski definition) is 2. The first-order valence-corrected chi connectivity index (χ1v) is 6.37. The summed E-state index contributed by atoms with van der Waals surface area (Å²) in [5, 5.41) is 13.3. The van der Waals surface area contributed by atoms with Crippen molar-refractivity contribution >= 4 is 0 Å². The lowest BCUT2D eigenvalue weighted by Gasteiger charge is -2.27. The molecule has 3 rings (SSSR count). The van der Waals surface area contributed by atoms with Gasteiger partial charge in [-0.05, 0) is 18.1 Å². The zero-order valence-electron chi connectivity index (χ0n) is 10.3. The van der Waals surface area contributed by atoms with Gasteiger partial charge in [0.1, 0.15) is 5.75 Å². The molecule has 5 heteroatoms. The summed E-state index contributed by atoms with van der Waals surface area (Å²) < 4.78 is 10.6. The minimum absolute atomic E-state index is 0.246. The molecule has 0 atom stereocenters. The van der Waals surface area contributed by atoms with Crippen LogP contribution in [0.3, 0.4) is 0 Å². The third-order valence-corrected chi connectivity index (χ3v) is 3.48. The number of ether oxygens (including phenoxy) is 2. The van der Waals surface area contributed by atoms with Crippen molar-refractivity contribution in [2.24, 2.45) is 0 Å². The maximum atomic E-state index is 9.94. The second-order valence-electron chi connectivity index (χ2n) is 4.68. The number of aromatic hydroxyl groups is 1. The van der Waals surface area contributed by atoms with E-state index in [1.54, 1.807) is 6.07 Å². The number of phenols is 1. The molecule has 0 amide bonds. The van der Waals surface area contributed by atoms with Gasteiger partial charge in [-0.25, -0.2) is 0 Å². The molecule has 1 aromatic carbocycles. The van der Waals surface area contributed by atoms with E-state index in [1.807, 2.05) is 6.07 Å². The van der Waals surface area contributed by atoms with Crippen LogP contribution in [0.25, 0.3) is 0 Å². The van der Waals surface area contributed by atoms with E-state index in [0.29, 0.717) is 11.5 Å². The molecular weight excluding hydrogens is 232 g/mol. The molecule has 1 fully saturated rings. The van der Waals surface area contributed by atoms with Crippen LogP contribution >= 0.6 is 0 Å². The van der Waals surface area contributed by atoms with E-state index in [2.05, 4.69) is 10.2 Å². The Labute approximate surface area is 106 Å². The molecule has 0 saturated carbocycles. The Kier molecular flexibility index (Phi) is 3.25. The molecule has 2 N–H and O–H groups in total. The lowest BCUT2D eigenvalue weighted by atomic mass is 10.1. The lowest BCUT2D eigenvalue weighted by molar-refractivity contribution is 0.174. The maximum Gasteiger partial charge on any atom is 0.231 e. The van der Waals surface area contributed by atoms with Crippen LogP contribution in [0, 0.1) is 0 Å². The first-order chi connectivity index (χ1) is 8.83. The van der Waals surface area contributed by atoms with E-state index in [-0.39, 0.29) is 6.79 Å².